The van der Waals surface area contributed by atoms with Gasteiger partial charge in [-0.25, -0.2) is 9.37 Å². The number of hydrogen-bond donors (Lipinski definition) is 1. The van der Waals surface area contributed by atoms with E-state index in [-0.39, 0.29) is 5.82 Å². The minimum Gasteiger partial charge on any atom is -0.445 e. The van der Waals surface area contributed by atoms with Gasteiger partial charge in [-0.15, -0.1) is 0 Å². The number of rotatable bonds is 3. The maximum atomic E-state index is 12.8. The van der Waals surface area contributed by atoms with Crippen LogP contribution in [-0.2, 0) is 6.42 Å². The lowest BCUT2D eigenvalue weighted by Crippen LogP contribution is -2.28. The Balaban J connectivity index is 1.68. The summed E-state index contributed by atoms with van der Waals surface area (Å²) in [7, 11) is 0. The smallest absolute Gasteiger partial charge is 0.198 e. The lowest BCUT2D eigenvalue weighted by atomic mass is 10.00. The number of nitrogens with one attached hydrogen (secondary N) is 1. The van der Waals surface area contributed by atoms with Gasteiger partial charge in [0, 0.05) is 18.9 Å². The van der Waals surface area contributed by atoms with Crippen molar-refractivity contribution < 1.29 is 8.81 Å². The third-order valence-electron chi connectivity index (χ3n) is 3.51. The van der Waals surface area contributed by atoms with Crippen molar-refractivity contribution in [3.05, 3.63) is 53.5 Å². The fraction of sp³-hybridized carbons (Fsp3) is 0.400. The highest BCUT2D eigenvalue weighted by Crippen LogP contribution is 2.23. The molecule has 1 N–H and O–H groups in total. The Kier molecular flexibility index (Phi) is 3.60. The van der Waals surface area contributed by atoms with Gasteiger partial charge in [0.25, 0.3) is 0 Å². The summed E-state index contributed by atoms with van der Waals surface area (Å²) in [4.78, 5) is 4.37. The molecule has 3 rings (SSSR count). The zero-order chi connectivity index (χ0) is 13.1. The van der Waals surface area contributed by atoms with Crippen molar-refractivity contribution in [1.82, 2.24) is 10.3 Å². The van der Waals surface area contributed by atoms with Crippen LogP contribution in [0.2, 0.25) is 0 Å². The maximum Gasteiger partial charge on any atom is 0.198 e. The Hall–Kier alpha value is -1.68. The largest absolute Gasteiger partial charge is 0.445 e. The summed E-state index contributed by atoms with van der Waals surface area (Å²) in [5.41, 5.74) is 1.03. The standard InChI is InChI=1S/C15H17FN2O/c16-13-5-3-11(4-6-13)8-14-10-18-15(19-14)12-2-1-7-17-9-12/h3-6,10,12,17H,1-2,7-9H2. The van der Waals surface area contributed by atoms with Crippen LogP contribution < -0.4 is 5.32 Å². The van der Waals surface area contributed by atoms with Gasteiger partial charge in [-0.05, 0) is 37.1 Å². The number of piperidine rings is 1. The molecular weight excluding hydrogens is 243 g/mol. The van der Waals surface area contributed by atoms with Crippen LogP contribution in [-0.4, -0.2) is 18.1 Å². The summed E-state index contributed by atoms with van der Waals surface area (Å²) in [5.74, 6) is 1.84. The number of halogens is 1. The Labute approximate surface area is 111 Å². The van der Waals surface area contributed by atoms with Gasteiger partial charge in [-0.1, -0.05) is 12.1 Å². The molecule has 0 amide bonds. The quantitative estimate of drug-likeness (QED) is 0.922. The first kappa shape index (κ1) is 12.4. The molecule has 0 bridgehead atoms. The zero-order valence-electron chi connectivity index (χ0n) is 10.7. The van der Waals surface area contributed by atoms with Crippen LogP contribution in [0.25, 0.3) is 0 Å². The van der Waals surface area contributed by atoms with Crippen LogP contribution in [0, 0.1) is 5.82 Å². The number of nitrogens with zero attached hydrogens (tertiary/aromatic N) is 1. The SMILES string of the molecule is Fc1ccc(Cc2cnc(C3CCCNC3)o2)cc1. The van der Waals surface area contributed by atoms with Gasteiger partial charge in [0.05, 0.1) is 6.20 Å². The van der Waals surface area contributed by atoms with E-state index in [1.54, 1.807) is 18.3 Å². The molecule has 0 saturated carbocycles. The normalized spacial score (nSPS) is 19.5. The molecule has 4 heteroatoms. The maximum absolute atomic E-state index is 12.8. The van der Waals surface area contributed by atoms with Crippen LogP contribution in [0.4, 0.5) is 4.39 Å². The van der Waals surface area contributed by atoms with E-state index in [0.717, 1.165) is 36.7 Å². The van der Waals surface area contributed by atoms with Gasteiger partial charge in [0.1, 0.15) is 11.6 Å². The predicted molar refractivity (Wildman–Crippen MR) is 70.6 cm³/mol. The molecule has 100 valence electrons. The minimum absolute atomic E-state index is 0.213. The lowest BCUT2D eigenvalue weighted by molar-refractivity contribution is 0.365. The average molecular weight is 260 g/mol. The third kappa shape index (κ3) is 3.01. The van der Waals surface area contributed by atoms with E-state index in [2.05, 4.69) is 10.3 Å². The summed E-state index contributed by atoms with van der Waals surface area (Å²) in [6.45, 7) is 2.02. The highest BCUT2D eigenvalue weighted by Gasteiger charge is 2.19. The highest BCUT2D eigenvalue weighted by atomic mass is 19.1. The number of oxazole rings is 1. The van der Waals surface area contributed by atoms with Crippen LogP contribution in [0.1, 0.15) is 36.0 Å². The van der Waals surface area contributed by atoms with E-state index < -0.39 is 0 Å². The van der Waals surface area contributed by atoms with Crippen molar-refractivity contribution in [1.29, 1.82) is 0 Å². The number of hydrogen-bond acceptors (Lipinski definition) is 3. The van der Waals surface area contributed by atoms with E-state index in [4.69, 9.17) is 4.42 Å². The van der Waals surface area contributed by atoms with Gasteiger partial charge in [-0.2, -0.15) is 0 Å². The Morgan fingerprint density at radius 3 is 2.89 bits per heavy atom. The minimum atomic E-state index is -0.213. The van der Waals surface area contributed by atoms with Gasteiger partial charge >= 0.3 is 0 Å². The first-order valence-electron chi connectivity index (χ1n) is 6.71. The Morgan fingerprint density at radius 1 is 1.32 bits per heavy atom. The topological polar surface area (TPSA) is 38.1 Å². The lowest BCUT2D eigenvalue weighted by Gasteiger charge is -2.19. The molecule has 1 saturated heterocycles. The van der Waals surface area contributed by atoms with Crippen molar-refractivity contribution in [2.75, 3.05) is 13.1 Å². The van der Waals surface area contributed by atoms with E-state index in [0.29, 0.717) is 12.3 Å². The molecule has 0 aliphatic carbocycles. The van der Waals surface area contributed by atoms with Crippen molar-refractivity contribution in [3.8, 4) is 0 Å². The second-order valence-corrected chi connectivity index (χ2v) is 5.01. The molecule has 1 aromatic heterocycles. The summed E-state index contributed by atoms with van der Waals surface area (Å²) >= 11 is 0. The predicted octanol–water partition coefficient (Wildman–Crippen LogP) is 2.87. The Morgan fingerprint density at radius 2 is 2.16 bits per heavy atom. The van der Waals surface area contributed by atoms with Gasteiger partial charge in [0.2, 0.25) is 0 Å². The van der Waals surface area contributed by atoms with Crippen molar-refractivity contribution in [2.24, 2.45) is 0 Å². The van der Waals surface area contributed by atoms with Crippen molar-refractivity contribution in [3.63, 3.8) is 0 Å². The Bertz CT molecular complexity index is 529. The van der Waals surface area contributed by atoms with E-state index in [1.165, 1.54) is 18.6 Å². The first-order valence-corrected chi connectivity index (χ1v) is 6.71. The molecule has 1 atom stereocenters. The molecule has 19 heavy (non-hydrogen) atoms. The molecule has 1 aliphatic heterocycles. The second kappa shape index (κ2) is 5.53. The average Bonchev–Trinajstić information content (AvgIpc) is 2.91. The fourth-order valence-electron chi connectivity index (χ4n) is 2.46. The summed E-state index contributed by atoms with van der Waals surface area (Å²) < 4.78 is 18.6. The van der Waals surface area contributed by atoms with Crippen LogP contribution in [0.5, 0.6) is 0 Å². The first-order chi connectivity index (χ1) is 9.31. The fourth-order valence-corrected chi connectivity index (χ4v) is 2.46. The van der Waals surface area contributed by atoms with Gasteiger partial charge in [0.15, 0.2) is 5.89 Å². The summed E-state index contributed by atoms with van der Waals surface area (Å²) in [5, 5.41) is 3.36. The van der Waals surface area contributed by atoms with Crippen LogP contribution in [0.15, 0.2) is 34.9 Å². The molecule has 1 aromatic carbocycles. The van der Waals surface area contributed by atoms with Crippen molar-refractivity contribution in [2.45, 2.75) is 25.2 Å². The molecule has 2 heterocycles. The molecule has 3 nitrogen and oxygen atoms in total. The van der Waals surface area contributed by atoms with E-state index >= 15 is 0 Å². The molecule has 1 aliphatic rings. The summed E-state index contributed by atoms with van der Waals surface area (Å²) in [6, 6.07) is 6.49. The van der Waals surface area contributed by atoms with E-state index in [1.807, 2.05) is 0 Å². The van der Waals surface area contributed by atoms with E-state index in [9.17, 15) is 4.39 Å². The van der Waals surface area contributed by atoms with Crippen LogP contribution >= 0.6 is 0 Å². The monoisotopic (exact) mass is 260 g/mol. The molecular formula is C15H17FN2O. The zero-order valence-corrected chi connectivity index (χ0v) is 10.7. The van der Waals surface area contributed by atoms with Crippen LogP contribution in [0.3, 0.4) is 0 Å². The molecule has 2 aromatic rings. The number of benzene rings is 1. The van der Waals surface area contributed by atoms with Gasteiger partial charge in [-0.3, -0.25) is 0 Å². The highest BCUT2D eigenvalue weighted by molar-refractivity contribution is 5.20. The third-order valence-corrected chi connectivity index (χ3v) is 3.51. The second-order valence-electron chi connectivity index (χ2n) is 5.01. The molecule has 0 radical (unpaired) electrons. The van der Waals surface area contributed by atoms with Crippen molar-refractivity contribution >= 4 is 0 Å². The molecule has 1 unspecified atom stereocenters. The molecule has 1 fully saturated rings. The van der Waals surface area contributed by atoms with Gasteiger partial charge < -0.3 is 9.73 Å². The molecule has 0 spiro atoms. The number of aromatic nitrogens is 1. The summed E-state index contributed by atoms with van der Waals surface area (Å²) in [6.07, 6.45) is 4.74.